The van der Waals surface area contributed by atoms with Gasteiger partial charge in [-0.1, -0.05) is 26.1 Å². The summed E-state index contributed by atoms with van der Waals surface area (Å²) in [6, 6.07) is 0. The summed E-state index contributed by atoms with van der Waals surface area (Å²) < 4.78 is 1.82. The van der Waals surface area contributed by atoms with Crippen molar-refractivity contribution in [1.82, 2.24) is 14.7 Å². The standard InChI is InChI=1S/C12H22N4S/c1-12(2,11(13)17)5-6-15(3)8-10-7-14-16(4)9-10/h7,9H,5-6,8H2,1-4H3,(H2,13,17). The van der Waals surface area contributed by atoms with E-state index in [-0.39, 0.29) is 5.41 Å². The monoisotopic (exact) mass is 254 g/mol. The van der Waals surface area contributed by atoms with Gasteiger partial charge in [-0.25, -0.2) is 0 Å². The average molecular weight is 254 g/mol. The van der Waals surface area contributed by atoms with Gasteiger partial charge in [0.05, 0.1) is 11.2 Å². The molecule has 0 aliphatic heterocycles. The predicted octanol–water partition coefficient (Wildman–Crippen LogP) is 1.55. The highest BCUT2D eigenvalue weighted by atomic mass is 32.1. The molecule has 0 aromatic carbocycles. The van der Waals surface area contributed by atoms with Crippen molar-refractivity contribution < 1.29 is 0 Å². The summed E-state index contributed by atoms with van der Waals surface area (Å²) in [5.41, 5.74) is 6.87. The first-order valence-corrected chi connectivity index (χ1v) is 6.18. The molecule has 0 saturated carbocycles. The molecule has 0 unspecified atom stereocenters. The molecular formula is C12H22N4S. The average Bonchev–Trinajstić information content (AvgIpc) is 2.61. The van der Waals surface area contributed by atoms with E-state index in [0.717, 1.165) is 19.5 Å². The smallest absolute Gasteiger partial charge is 0.0784 e. The number of nitrogens with two attached hydrogens (primary N) is 1. The molecule has 0 aliphatic carbocycles. The Labute approximate surface area is 109 Å². The van der Waals surface area contributed by atoms with Crippen LogP contribution in [0.1, 0.15) is 25.8 Å². The van der Waals surface area contributed by atoms with Gasteiger partial charge in [-0.3, -0.25) is 4.68 Å². The zero-order valence-corrected chi connectivity index (χ0v) is 11.9. The molecule has 0 amide bonds. The molecule has 0 radical (unpaired) electrons. The van der Waals surface area contributed by atoms with Gasteiger partial charge in [0.2, 0.25) is 0 Å². The fourth-order valence-electron chi connectivity index (χ4n) is 1.54. The Morgan fingerprint density at radius 2 is 2.24 bits per heavy atom. The highest BCUT2D eigenvalue weighted by Gasteiger charge is 2.21. The van der Waals surface area contributed by atoms with E-state index in [4.69, 9.17) is 18.0 Å². The Hall–Kier alpha value is -0.940. The van der Waals surface area contributed by atoms with Crippen LogP contribution < -0.4 is 5.73 Å². The molecule has 17 heavy (non-hydrogen) atoms. The first-order valence-electron chi connectivity index (χ1n) is 5.77. The van der Waals surface area contributed by atoms with Crippen molar-refractivity contribution in [1.29, 1.82) is 0 Å². The van der Waals surface area contributed by atoms with E-state index >= 15 is 0 Å². The summed E-state index contributed by atoms with van der Waals surface area (Å²) >= 11 is 5.06. The van der Waals surface area contributed by atoms with Gasteiger partial charge in [0, 0.05) is 30.8 Å². The number of thiocarbonyl (C=S) groups is 1. The Morgan fingerprint density at radius 3 is 2.71 bits per heavy atom. The van der Waals surface area contributed by atoms with Crippen LogP contribution in [0, 0.1) is 5.41 Å². The van der Waals surface area contributed by atoms with Crippen LogP contribution >= 0.6 is 12.2 Å². The summed E-state index contributed by atoms with van der Waals surface area (Å²) in [4.78, 5) is 2.85. The van der Waals surface area contributed by atoms with Crippen molar-refractivity contribution in [3.63, 3.8) is 0 Å². The molecule has 96 valence electrons. The molecule has 2 N–H and O–H groups in total. The molecule has 5 heteroatoms. The number of aromatic nitrogens is 2. The second kappa shape index (κ2) is 5.60. The minimum absolute atomic E-state index is 0.0709. The molecule has 1 aromatic rings. The summed E-state index contributed by atoms with van der Waals surface area (Å²) in [7, 11) is 4.03. The van der Waals surface area contributed by atoms with Gasteiger partial charge < -0.3 is 10.6 Å². The SMILES string of the molecule is CN(CCC(C)(C)C(N)=S)Cc1cnn(C)c1. The van der Waals surface area contributed by atoms with E-state index < -0.39 is 0 Å². The Balaban J connectivity index is 2.40. The minimum Gasteiger partial charge on any atom is -0.393 e. The predicted molar refractivity (Wildman–Crippen MR) is 74.7 cm³/mol. The van der Waals surface area contributed by atoms with Crippen LogP contribution in [0.5, 0.6) is 0 Å². The molecule has 0 aliphatic rings. The minimum atomic E-state index is -0.0709. The molecule has 0 spiro atoms. The van der Waals surface area contributed by atoms with Gasteiger partial charge in [-0.2, -0.15) is 5.10 Å². The van der Waals surface area contributed by atoms with Crippen molar-refractivity contribution in [3.8, 4) is 0 Å². The molecule has 4 nitrogen and oxygen atoms in total. The van der Waals surface area contributed by atoms with Gasteiger partial charge in [0.1, 0.15) is 0 Å². The highest BCUT2D eigenvalue weighted by molar-refractivity contribution is 7.80. The third-order valence-corrected chi connectivity index (χ3v) is 3.55. The van der Waals surface area contributed by atoms with Crippen molar-refractivity contribution in [3.05, 3.63) is 18.0 Å². The zero-order valence-electron chi connectivity index (χ0n) is 11.1. The second-order valence-electron chi connectivity index (χ2n) is 5.26. The number of rotatable bonds is 6. The van der Waals surface area contributed by atoms with E-state index in [0.29, 0.717) is 4.99 Å². The lowest BCUT2D eigenvalue weighted by Crippen LogP contribution is -2.33. The Kier molecular flexibility index (Phi) is 4.65. The van der Waals surface area contributed by atoms with Crippen molar-refractivity contribution >= 4 is 17.2 Å². The van der Waals surface area contributed by atoms with Crippen molar-refractivity contribution in [2.45, 2.75) is 26.8 Å². The lowest BCUT2D eigenvalue weighted by atomic mass is 9.89. The molecule has 0 bridgehead atoms. The lowest BCUT2D eigenvalue weighted by Gasteiger charge is -2.26. The molecule has 0 saturated heterocycles. The maximum atomic E-state index is 5.71. The van der Waals surface area contributed by atoms with Crippen LogP contribution in [0.25, 0.3) is 0 Å². The van der Waals surface area contributed by atoms with E-state index in [1.54, 1.807) is 0 Å². The normalized spacial score (nSPS) is 12.1. The topological polar surface area (TPSA) is 47.1 Å². The molecule has 1 aromatic heterocycles. The summed E-state index contributed by atoms with van der Waals surface area (Å²) in [5.74, 6) is 0. The van der Waals surface area contributed by atoms with Gasteiger partial charge in [0.25, 0.3) is 0 Å². The largest absolute Gasteiger partial charge is 0.393 e. The van der Waals surface area contributed by atoms with Gasteiger partial charge >= 0.3 is 0 Å². The fraction of sp³-hybridized carbons (Fsp3) is 0.667. The van der Waals surface area contributed by atoms with Crippen molar-refractivity contribution in [2.75, 3.05) is 13.6 Å². The quantitative estimate of drug-likeness (QED) is 0.783. The molecule has 0 atom stereocenters. The van der Waals surface area contributed by atoms with E-state index in [1.807, 2.05) is 24.1 Å². The van der Waals surface area contributed by atoms with Crippen LogP contribution in [0.3, 0.4) is 0 Å². The number of hydrogen-bond donors (Lipinski definition) is 1. The maximum Gasteiger partial charge on any atom is 0.0784 e. The third kappa shape index (κ3) is 4.44. The number of hydrogen-bond acceptors (Lipinski definition) is 3. The first kappa shape index (κ1) is 14.1. The van der Waals surface area contributed by atoms with Gasteiger partial charge in [0.15, 0.2) is 0 Å². The lowest BCUT2D eigenvalue weighted by molar-refractivity contribution is 0.286. The van der Waals surface area contributed by atoms with Crippen LogP contribution in [-0.4, -0.2) is 33.3 Å². The fourth-order valence-corrected chi connectivity index (χ4v) is 1.64. The highest BCUT2D eigenvalue weighted by Crippen LogP contribution is 2.21. The first-order chi connectivity index (χ1) is 7.81. The number of nitrogens with zero attached hydrogens (tertiary/aromatic N) is 3. The van der Waals surface area contributed by atoms with Crippen LogP contribution in [0.2, 0.25) is 0 Å². The molecule has 1 rings (SSSR count). The molecule has 0 fully saturated rings. The van der Waals surface area contributed by atoms with Crippen LogP contribution in [0.15, 0.2) is 12.4 Å². The zero-order chi connectivity index (χ0) is 13.1. The van der Waals surface area contributed by atoms with Gasteiger partial charge in [-0.15, -0.1) is 0 Å². The summed E-state index contributed by atoms with van der Waals surface area (Å²) in [6.07, 6.45) is 4.91. The van der Waals surface area contributed by atoms with E-state index in [2.05, 4.69) is 30.9 Å². The van der Waals surface area contributed by atoms with E-state index in [1.165, 1.54) is 5.56 Å². The summed E-state index contributed by atoms with van der Waals surface area (Å²) in [5, 5.41) is 4.16. The Bertz CT molecular complexity index is 384. The van der Waals surface area contributed by atoms with Crippen molar-refractivity contribution in [2.24, 2.45) is 18.2 Å². The van der Waals surface area contributed by atoms with Crippen LogP contribution in [-0.2, 0) is 13.6 Å². The third-order valence-electron chi connectivity index (χ3n) is 3.00. The number of aryl methyl sites for hydroxylation is 1. The summed E-state index contributed by atoms with van der Waals surface area (Å²) in [6.45, 7) is 6.06. The van der Waals surface area contributed by atoms with Crippen LogP contribution in [0.4, 0.5) is 0 Å². The maximum absolute atomic E-state index is 5.71. The van der Waals surface area contributed by atoms with Gasteiger partial charge in [-0.05, 0) is 20.0 Å². The molecule has 1 heterocycles. The molecular weight excluding hydrogens is 232 g/mol. The second-order valence-corrected chi connectivity index (χ2v) is 5.70. The van der Waals surface area contributed by atoms with E-state index in [9.17, 15) is 0 Å². The Morgan fingerprint density at radius 1 is 1.59 bits per heavy atom.